The minimum absolute atomic E-state index is 0.108. The van der Waals surface area contributed by atoms with Gasteiger partial charge in [0.25, 0.3) is 5.91 Å². The Kier molecular flexibility index (Phi) is 6.62. The molecule has 3 aromatic carbocycles. The second-order valence-electron chi connectivity index (χ2n) is 6.05. The first-order valence-electron chi connectivity index (χ1n) is 8.71. The molecule has 0 aliphatic heterocycles. The van der Waals surface area contributed by atoms with E-state index in [1.807, 2.05) is 24.3 Å². The van der Waals surface area contributed by atoms with Gasteiger partial charge in [0, 0.05) is 21.8 Å². The minimum Gasteiger partial charge on any atom is -0.488 e. The zero-order chi connectivity index (χ0) is 20.6. The van der Waals surface area contributed by atoms with Crippen LogP contribution in [0.5, 0.6) is 5.75 Å². The average molecular weight is 407 g/mol. The molecule has 0 aromatic heterocycles. The SMILES string of the molecule is N#C/C(=C\c1ccccc1OCc1ccccc1Cl)C(=O)Nc1ccc(F)cc1. The second-order valence-corrected chi connectivity index (χ2v) is 6.46. The summed E-state index contributed by atoms with van der Waals surface area (Å²) in [6, 6.07) is 21.6. The lowest BCUT2D eigenvalue weighted by Crippen LogP contribution is -2.13. The highest BCUT2D eigenvalue weighted by Gasteiger charge is 2.12. The molecular weight excluding hydrogens is 391 g/mol. The number of nitrogens with one attached hydrogen (secondary N) is 1. The minimum atomic E-state index is -0.597. The largest absolute Gasteiger partial charge is 0.488 e. The van der Waals surface area contributed by atoms with Crippen LogP contribution in [0.25, 0.3) is 6.08 Å². The van der Waals surface area contributed by atoms with E-state index in [1.54, 1.807) is 30.3 Å². The molecule has 0 heterocycles. The number of carbonyl (C=O) groups is 1. The number of ether oxygens (including phenoxy) is 1. The van der Waals surface area contributed by atoms with Crippen LogP contribution >= 0.6 is 11.6 Å². The number of para-hydroxylation sites is 1. The van der Waals surface area contributed by atoms with Gasteiger partial charge in [0.1, 0.15) is 29.8 Å². The van der Waals surface area contributed by atoms with E-state index in [0.717, 1.165) is 5.56 Å². The zero-order valence-corrected chi connectivity index (χ0v) is 16.0. The first-order chi connectivity index (χ1) is 14.1. The van der Waals surface area contributed by atoms with Crippen molar-refractivity contribution in [3.63, 3.8) is 0 Å². The van der Waals surface area contributed by atoms with Gasteiger partial charge >= 0.3 is 0 Å². The van der Waals surface area contributed by atoms with Gasteiger partial charge in [-0.25, -0.2) is 4.39 Å². The highest BCUT2D eigenvalue weighted by atomic mass is 35.5. The van der Waals surface area contributed by atoms with Crippen LogP contribution < -0.4 is 10.1 Å². The molecule has 0 spiro atoms. The van der Waals surface area contributed by atoms with Crippen LogP contribution in [0.2, 0.25) is 5.02 Å². The third-order valence-corrected chi connectivity index (χ3v) is 4.40. The van der Waals surface area contributed by atoms with Gasteiger partial charge < -0.3 is 10.1 Å². The summed E-state index contributed by atoms with van der Waals surface area (Å²) in [5, 5.41) is 12.6. The Bertz CT molecular complexity index is 1090. The van der Waals surface area contributed by atoms with E-state index in [-0.39, 0.29) is 12.2 Å². The molecule has 6 heteroatoms. The fourth-order valence-electron chi connectivity index (χ4n) is 2.54. The van der Waals surface area contributed by atoms with Gasteiger partial charge in [0.2, 0.25) is 0 Å². The Hall–Kier alpha value is -3.62. The van der Waals surface area contributed by atoms with Crippen molar-refractivity contribution in [3.05, 3.63) is 100 Å². The molecule has 0 aliphatic carbocycles. The van der Waals surface area contributed by atoms with E-state index < -0.39 is 11.7 Å². The summed E-state index contributed by atoms with van der Waals surface area (Å²) < 4.78 is 18.9. The quantitative estimate of drug-likeness (QED) is 0.428. The molecule has 0 radical (unpaired) electrons. The number of halogens is 2. The number of nitrogens with zero attached hydrogens (tertiary/aromatic N) is 1. The van der Waals surface area contributed by atoms with E-state index in [1.165, 1.54) is 30.3 Å². The predicted molar refractivity (Wildman–Crippen MR) is 111 cm³/mol. The van der Waals surface area contributed by atoms with Crippen LogP contribution in [-0.2, 0) is 11.4 Å². The molecule has 4 nitrogen and oxygen atoms in total. The molecule has 144 valence electrons. The van der Waals surface area contributed by atoms with Crippen LogP contribution in [0.15, 0.2) is 78.4 Å². The fourth-order valence-corrected chi connectivity index (χ4v) is 2.73. The third-order valence-electron chi connectivity index (χ3n) is 4.03. The number of rotatable bonds is 6. The summed E-state index contributed by atoms with van der Waals surface area (Å²) in [6.45, 7) is 0.244. The van der Waals surface area contributed by atoms with Gasteiger partial charge in [-0.05, 0) is 42.5 Å². The van der Waals surface area contributed by atoms with Gasteiger partial charge in [0.15, 0.2) is 0 Å². The standard InChI is InChI=1S/C23H16ClFN2O2/c24-21-7-3-1-6-17(21)15-29-22-8-4-2-5-16(22)13-18(14-26)23(28)27-20-11-9-19(25)10-12-20/h1-13H,15H2,(H,27,28)/b18-13+. The van der Waals surface area contributed by atoms with Gasteiger partial charge in [-0.2, -0.15) is 5.26 Å². The predicted octanol–water partition coefficient (Wildman–Crippen LogP) is 5.60. The fraction of sp³-hybridized carbons (Fsp3) is 0.0435. The first-order valence-corrected chi connectivity index (χ1v) is 9.08. The highest BCUT2D eigenvalue weighted by molar-refractivity contribution is 6.31. The van der Waals surface area contributed by atoms with Crippen molar-refractivity contribution in [1.29, 1.82) is 5.26 Å². The van der Waals surface area contributed by atoms with Crippen LogP contribution in [0, 0.1) is 17.1 Å². The maximum Gasteiger partial charge on any atom is 0.266 e. The summed E-state index contributed by atoms with van der Waals surface area (Å²) in [5.74, 6) is -0.501. The Morgan fingerprint density at radius 2 is 1.76 bits per heavy atom. The topological polar surface area (TPSA) is 62.1 Å². The monoisotopic (exact) mass is 406 g/mol. The molecule has 0 bridgehead atoms. The van der Waals surface area contributed by atoms with Crippen molar-refractivity contribution in [1.82, 2.24) is 0 Å². The van der Waals surface area contributed by atoms with Crippen molar-refractivity contribution in [2.45, 2.75) is 6.61 Å². The van der Waals surface area contributed by atoms with Crippen molar-refractivity contribution >= 4 is 29.3 Å². The van der Waals surface area contributed by atoms with Gasteiger partial charge in [-0.3, -0.25) is 4.79 Å². The zero-order valence-electron chi connectivity index (χ0n) is 15.2. The molecule has 3 aromatic rings. The Balaban J connectivity index is 1.78. The lowest BCUT2D eigenvalue weighted by atomic mass is 10.1. The number of hydrogen-bond acceptors (Lipinski definition) is 3. The molecule has 0 unspecified atom stereocenters. The molecule has 0 saturated heterocycles. The Morgan fingerprint density at radius 3 is 2.48 bits per heavy atom. The van der Waals surface area contributed by atoms with E-state index in [0.29, 0.717) is 22.0 Å². The normalized spacial score (nSPS) is 10.9. The highest BCUT2D eigenvalue weighted by Crippen LogP contribution is 2.24. The molecule has 1 amide bonds. The Labute approximate surface area is 172 Å². The molecule has 0 atom stereocenters. The summed E-state index contributed by atoms with van der Waals surface area (Å²) in [4.78, 5) is 12.4. The van der Waals surface area contributed by atoms with E-state index in [9.17, 15) is 14.4 Å². The number of anilines is 1. The van der Waals surface area contributed by atoms with Gasteiger partial charge in [-0.15, -0.1) is 0 Å². The van der Waals surface area contributed by atoms with Crippen LogP contribution in [0.3, 0.4) is 0 Å². The number of amides is 1. The Morgan fingerprint density at radius 1 is 1.07 bits per heavy atom. The van der Waals surface area contributed by atoms with Crippen molar-refractivity contribution < 1.29 is 13.9 Å². The van der Waals surface area contributed by atoms with E-state index >= 15 is 0 Å². The number of nitriles is 1. The molecular formula is C23H16ClFN2O2. The smallest absolute Gasteiger partial charge is 0.266 e. The molecule has 1 N–H and O–H groups in total. The second kappa shape index (κ2) is 9.54. The van der Waals surface area contributed by atoms with Gasteiger partial charge in [-0.1, -0.05) is 48.0 Å². The van der Waals surface area contributed by atoms with Crippen LogP contribution in [0.1, 0.15) is 11.1 Å². The van der Waals surface area contributed by atoms with Crippen molar-refractivity contribution in [2.75, 3.05) is 5.32 Å². The van der Waals surface area contributed by atoms with Crippen LogP contribution in [-0.4, -0.2) is 5.91 Å². The molecule has 0 fully saturated rings. The van der Waals surface area contributed by atoms with Gasteiger partial charge in [0.05, 0.1) is 0 Å². The van der Waals surface area contributed by atoms with Crippen LogP contribution in [0.4, 0.5) is 10.1 Å². The summed E-state index contributed by atoms with van der Waals surface area (Å²) in [5.41, 5.74) is 1.68. The molecule has 29 heavy (non-hydrogen) atoms. The van der Waals surface area contributed by atoms with Crippen molar-refractivity contribution in [2.24, 2.45) is 0 Å². The average Bonchev–Trinajstić information content (AvgIpc) is 2.73. The third kappa shape index (κ3) is 5.44. The number of hydrogen-bond donors (Lipinski definition) is 1. The molecule has 0 aliphatic rings. The summed E-state index contributed by atoms with van der Waals surface area (Å²) >= 11 is 6.15. The maximum absolute atomic E-state index is 13.0. The lowest BCUT2D eigenvalue weighted by molar-refractivity contribution is -0.112. The number of carbonyl (C=O) groups excluding carboxylic acids is 1. The first kappa shape index (κ1) is 20.1. The number of benzene rings is 3. The maximum atomic E-state index is 13.0. The summed E-state index contributed by atoms with van der Waals surface area (Å²) in [7, 11) is 0. The van der Waals surface area contributed by atoms with E-state index in [4.69, 9.17) is 16.3 Å². The lowest BCUT2D eigenvalue weighted by Gasteiger charge is -2.11. The summed E-state index contributed by atoms with van der Waals surface area (Å²) in [6.07, 6.45) is 1.45. The molecule has 0 saturated carbocycles. The van der Waals surface area contributed by atoms with Crippen molar-refractivity contribution in [3.8, 4) is 11.8 Å². The molecule has 3 rings (SSSR count). The van der Waals surface area contributed by atoms with E-state index in [2.05, 4.69) is 5.32 Å².